The molecule has 20 heavy (non-hydrogen) atoms. The number of aliphatic carboxylic acids is 1. The van der Waals surface area contributed by atoms with Gasteiger partial charge in [0.1, 0.15) is 17.6 Å². The number of nitrogens with one attached hydrogen (secondary N) is 1. The summed E-state index contributed by atoms with van der Waals surface area (Å²) in [4.78, 5) is 22.6. The molecule has 106 valence electrons. The SMILES string of the molecule is C#CCC(NC(=O)C(C)Oc1cccc(F)c1)C(=O)O. The molecule has 0 aliphatic carbocycles. The van der Waals surface area contributed by atoms with Crippen molar-refractivity contribution in [3.05, 3.63) is 30.1 Å². The van der Waals surface area contributed by atoms with Crippen molar-refractivity contribution in [3.8, 4) is 18.1 Å². The van der Waals surface area contributed by atoms with Gasteiger partial charge in [-0.3, -0.25) is 4.79 Å². The molecule has 2 unspecified atom stereocenters. The van der Waals surface area contributed by atoms with Gasteiger partial charge in [0.15, 0.2) is 6.10 Å². The number of hydrogen-bond donors (Lipinski definition) is 2. The Labute approximate surface area is 115 Å². The predicted octanol–water partition coefficient (Wildman–Crippen LogP) is 1.19. The molecule has 0 aliphatic rings. The second kappa shape index (κ2) is 7.14. The number of carbonyl (C=O) groups excluding carboxylic acids is 1. The normalized spacial score (nSPS) is 12.8. The van der Waals surface area contributed by atoms with Gasteiger partial charge < -0.3 is 15.2 Å². The Kier molecular flexibility index (Phi) is 5.54. The number of halogens is 1. The number of hydrogen-bond acceptors (Lipinski definition) is 3. The van der Waals surface area contributed by atoms with Crippen molar-refractivity contribution in [2.45, 2.75) is 25.5 Å². The van der Waals surface area contributed by atoms with E-state index in [0.717, 1.165) is 6.07 Å². The maximum Gasteiger partial charge on any atom is 0.327 e. The second-order valence-electron chi connectivity index (χ2n) is 4.03. The highest BCUT2D eigenvalue weighted by atomic mass is 19.1. The fourth-order valence-corrected chi connectivity index (χ4v) is 1.40. The highest BCUT2D eigenvalue weighted by Gasteiger charge is 2.23. The molecule has 1 aromatic carbocycles. The molecule has 0 radical (unpaired) electrons. The summed E-state index contributed by atoms with van der Waals surface area (Å²) in [5, 5.41) is 11.1. The van der Waals surface area contributed by atoms with Crippen molar-refractivity contribution in [1.82, 2.24) is 5.32 Å². The average Bonchev–Trinajstić information content (AvgIpc) is 2.37. The van der Waals surface area contributed by atoms with E-state index in [-0.39, 0.29) is 12.2 Å². The van der Waals surface area contributed by atoms with Crippen LogP contribution >= 0.6 is 0 Å². The molecule has 0 spiro atoms. The highest BCUT2D eigenvalue weighted by Crippen LogP contribution is 2.13. The van der Waals surface area contributed by atoms with Gasteiger partial charge in [-0.1, -0.05) is 6.07 Å². The van der Waals surface area contributed by atoms with Gasteiger partial charge in [-0.2, -0.15) is 0 Å². The van der Waals surface area contributed by atoms with E-state index in [9.17, 15) is 14.0 Å². The summed E-state index contributed by atoms with van der Waals surface area (Å²) < 4.78 is 18.2. The average molecular weight is 279 g/mol. The maximum atomic E-state index is 13.0. The van der Waals surface area contributed by atoms with E-state index in [1.54, 1.807) is 0 Å². The Hall–Kier alpha value is -2.55. The summed E-state index contributed by atoms with van der Waals surface area (Å²) in [5.41, 5.74) is 0. The molecule has 1 aromatic rings. The van der Waals surface area contributed by atoms with Gasteiger partial charge in [0.25, 0.3) is 5.91 Å². The first-order valence-electron chi connectivity index (χ1n) is 5.83. The molecule has 0 bridgehead atoms. The number of carboxylic acid groups (broad SMARTS) is 1. The van der Waals surface area contributed by atoms with E-state index >= 15 is 0 Å². The van der Waals surface area contributed by atoms with Gasteiger partial charge in [0, 0.05) is 12.5 Å². The fourth-order valence-electron chi connectivity index (χ4n) is 1.40. The largest absolute Gasteiger partial charge is 0.481 e. The fraction of sp³-hybridized carbons (Fsp3) is 0.286. The minimum atomic E-state index is -1.23. The van der Waals surface area contributed by atoms with Crippen molar-refractivity contribution in [2.75, 3.05) is 0 Å². The number of ether oxygens (including phenoxy) is 1. The number of terminal acetylenes is 1. The van der Waals surface area contributed by atoms with Gasteiger partial charge in [-0.05, 0) is 19.1 Å². The summed E-state index contributed by atoms with van der Waals surface area (Å²) in [7, 11) is 0. The van der Waals surface area contributed by atoms with E-state index in [1.807, 2.05) is 0 Å². The van der Waals surface area contributed by atoms with Crippen LogP contribution in [0.1, 0.15) is 13.3 Å². The van der Waals surface area contributed by atoms with Gasteiger partial charge in [-0.25, -0.2) is 9.18 Å². The Morgan fingerprint density at radius 1 is 1.55 bits per heavy atom. The van der Waals surface area contributed by atoms with Crippen LogP contribution in [-0.2, 0) is 9.59 Å². The molecular formula is C14H14FNO4. The first kappa shape index (κ1) is 15.5. The number of carboxylic acids is 1. The molecule has 1 amide bonds. The lowest BCUT2D eigenvalue weighted by Gasteiger charge is -2.17. The first-order valence-corrected chi connectivity index (χ1v) is 5.83. The van der Waals surface area contributed by atoms with Crippen molar-refractivity contribution < 1.29 is 23.8 Å². The third-order valence-electron chi connectivity index (χ3n) is 2.41. The lowest BCUT2D eigenvalue weighted by molar-refractivity contribution is -0.142. The van der Waals surface area contributed by atoms with Crippen LogP contribution in [0, 0.1) is 18.2 Å². The molecule has 0 aliphatic heterocycles. The summed E-state index contributed by atoms with van der Waals surface area (Å²) in [6.45, 7) is 1.43. The summed E-state index contributed by atoms with van der Waals surface area (Å²) >= 11 is 0. The Morgan fingerprint density at radius 2 is 2.25 bits per heavy atom. The van der Waals surface area contributed by atoms with E-state index < -0.39 is 29.8 Å². The minimum Gasteiger partial charge on any atom is -0.481 e. The summed E-state index contributed by atoms with van der Waals surface area (Å²) in [6.07, 6.45) is 3.91. The molecule has 0 fully saturated rings. The van der Waals surface area contributed by atoms with E-state index in [2.05, 4.69) is 11.2 Å². The standard InChI is InChI=1S/C14H14FNO4/c1-3-5-12(14(18)19)16-13(17)9(2)20-11-7-4-6-10(15)8-11/h1,4,6-9,12H,5H2,2H3,(H,16,17)(H,18,19). The topological polar surface area (TPSA) is 75.6 Å². The summed E-state index contributed by atoms with van der Waals surface area (Å²) in [5.74, 6) is -0.0220. The van der Waals surface area contributed by atoms with Crippen LogP contribution in [0.15, 0.2) is 24.3 Å². The Bertz CT molecular complexity index is 538. The number of benzene rings is 1. The zero-order valence-corrected chi connectivity index (χ0v) is 10.8. The Balaban J connectivity index is 2.63. The van der Waals surface area contributed by atoms with Crippen LogP contribution in [0.3, 0.4) is 0 Å². The molecule has 6 heteroatoms. The number of amides is 1. The number of carbonyl (C=O) groups is 2. The van der Waals surface area contributed by atoms with Crippen molar-refractivity contribution in [2.24, 2.45) is 0 Å². The van der Waals surface area contributed by atoms with Gasteiger partial charge in [-0.15, -0.1) is 12.3 Å². The van der Waals surface area contributed by atoms with E-state index in [0.29, 0.717) is 0 Å². The number of rotatable bonds is 6. The molecule has 1 rings (SSSR count). The molecule has 0 saturated heterocycles. The molecular weight excluding hydrogens is 265 g/mol. The van der Waals surface area contributed by atoms with Crippen molar-refractivity contribution in [3.63, 3.8) is 0 Å². The van der Waals surface area contributed by atoms with Crippen LogP contribution in [-0.4, -0.2) is 29.1 Å². The molecule has 2 atom stereocenters. The smallest absolute Gasteiger partial charge is 0.327 e. The third-order valence-corrected chi connectivity index (χ3v) is 2.41. The minimum absolute atomic E-state index is 0.131. The second-order valence-corrected chi connectivity index (χ2v) is 4.03. The van der Waals surface area contributed by atoms with Crippen LogP contribution in [0.25, 0.3) is 0 Å². The Morgan fingerprint density at radius 3 is 2.80 bits per heavy atom. The van der Waals surface area contributed by atoms with Crippen LogP contribution in [0.4, 0.5) is 4.39 Å². The van der Waals surface area contributed by atoms with Crippen LogP contribution in [0.2, 0.25) is 0 Å². The monoisotopic (exact) mass is 279 g/mol. The van der Waals surface area contributed by atoms with Crippen LogP contribution in [0.5, 0.6) is 5.75 Å². The van der Waals surface area contributed by atoms with Crippen LogP contribution < -0.4 is 10.1 Å². The molecule has 0 saturated carbocycles. The van der Waals surface area contributed by atoms with Crippen molar-refractivity contribution >= 4 is 11.9 Å². The van der Waals surface area contributed by atoms with Gasteiger partial charge >= 0.3 is 5.97 Å². The van der Waals surface area contributed by atoms with Crippen molar-refractivity contribution in [1.29, 1.82) is 0 Å². The van der Waals surface area contributed by atoms with Gasteiger partial charge in [0.2, 0.25) is 0 Å². The third kappa shape index (κ3) is 4.61. The zero-order chi connectivity index (χ0) is 15.1. The quantitative estimate of drug-likeness (QED) is 0.767. The lowest BCUT2D eigenvalue weighted by atomic mass is 10.2. The molecule has 2 N–H and O–H groups in total. The van der Waals surface area contributed by atoms with E-state index in [1.165, 1.54) is 25.1 Å². The summed E-state index contributed by atoms with van der Waals surface area (Å²) in [6, 6.07) is 4.12. The molecule has 0 heterocycles. The van der Waals surface area contributed by atoms with E-state index in [4.69, 9.17) is 16.3 Å². The highest BCUT2D eigenvalue weighted by molar-refractivity contribution is 5.86. The maximum absolute atomic E-state index is 13.0. The lowest BCUT2D eigenvalue weighted by Crippen LogP contribution is -2.46. The van der Waals surface area contributed by atoms with Gasteiger partial charge in [0.05, 0.1) is 0 Å². The predicted molar refractivity (Wildman–Crippen MR) is 69.5 cm³/mol. The zero-order valence-electron chi connectivity index (χ0n) is 10.8. The molecule has 0 aromatic heterocycles. The molecule has 5 nitrogen and oxygen atoms in total. The first-order chi connectivity index (χ1) is 9.43.